The molecule has 1 aromatic heterocycles. The second kappa shape index (κ2) is 8.36. The highest BCUT2D eigenvalue weighted by Crippen LogP contribution is 2.10. The van der Waals surface area contributed by atoms with Gasteiger partial charge in [0, 0.05) is 33.9 Å². The van der Waals surface area contributed by atoms with Crippen molar-refractivity contribution in [3.63, 3.8) is 0 Å². The maximum atomic E-state index is 13.1. The number of hydrogen-bond acceptors (Lipinski definition) is 5. The molecule has 0 aliphatic heterocycles. The van der Waals surface area contributed by atoms with Crippen LogP contribution >= 0.6 is 0 Å². The Labute approximate surface area is 115 Å². The first-order valence-corrected chi connectivity index (χ1v) is 6.92. The van der Waals surface area contributed by atoms with Crippen molar-refractivity contribution in [2.24, 2.45) is 0 Å². The molecule has 0 saturated heterocycles. The van der Waals surface area contributed by atoms with Gasteiger partial charge in [-0.15, -0.1) is 3.89 Å². The second-order valence-electron chi connectivity index (χ2n) is 4.06. The molecule has 19 heavy (non-hydrogen) atoms. The van der Waals surface area contributed by atoms with E-state index in [1.54, 1.807) is 27.3 Å². The van der Waals surface area contributed by atoms with E-state index in [4.69, 9.17) is 9.47 Å². The fourth-order valence-electron chi connectivity index (χ4n) is 1.72. The van der Waals surface area contributed by atoms with Crippen molar-refractivity contribution in [1.82, 2.24) is 13.9 Å². The van der Waals surface area contributed by atoms with Gasteiger partial charge in [0.05, 0.1) is 25.1 Å². The van der Waals surface area contributed by atoms with Crippen molar-refractivity contribution in [2.45, 2.75) is 13.5 Å². The molecule has 0 fully saturated rings. The summed E-state index contributed by atoms with van der Waals surface area (Å²) in [5, 5.41) is 0. The van der Waals surface area contributed by atoms with Crippen LogP contribution in [0, 0.1) is 6.92 Å². The topological polar surface area (TPSA) is 56.6 Å². The number of rotatable bonds is 9. The van der Waals surface area contributed by atoms with Crippen LogP contribution in [0.5, 0.6) is 0 Å². The van der Waals surface area contributed by atoms with Crippen molar-refractivity contribution < 1.29 is 17.6 Å². The van der Waals surface area contributed by atoms with Gasteiger partial charge in [0.2, 0.25) is 0 Å². The molecule has 1 rings (SSSR count). The highest BCUT2D eigenvalue weighted by molar-refractivity contribution is 7.78. The number of hydrogen-bond donors (Lipinski definition) is 0. The standard InChI is InChI=1S/C11H20FN3O3S/c1-10-13-8-11(15(10)19(12)16)9-14(4-6-17-2)5-7-18-3/h8H,4-7,9H2,1-3H3. The van der Waals surface area contributed by atoms with Gasteiger partial charge in [-0.25, -0.2) is 8.96 Å². The van der Waals surface area contributed by atoms with Crippen molar-refractivity contribution in [3.05, 3.63) is 17.7 Å². The zero-order chi connectivity index (χ0) is 14.3. The lowest BCUT2D eigenvalue weighted by atomic mass is 10.4. The minimum absolute atomic E-state index is 0.397. The van der Waals surface area contributed by atoms with Gasteiger partial charge >= 0.3 is 11.4 Å². The summed E-state index contributed by atoms with van der Waals surface area (Å²) in [5.74, 6) is 0.397. The maximum absolute atomic E-state index is 13.1. The van der Waals surface area contributed by atoms with E-state index >= 15 is 0 Å². The Morgan fingerprint density at radius 2 is 1.95 bits per heavy atom. The van der Waals surface area contributed by atoms with Crippen LogP contribution in [0.2, 0.25) is 0 Å². The molecule has 1 aromatic rings. The summed E-state index contributed by atoms with van der Waals surface area (Å²) in [5.41, 5.74) is 0.575. The van der Waals surface area contributed by atoms with E-state index in [9.17, 15) is 8.09 Å². The third-order valence-electron chi connectivity index (χ3n) is 2.71. The Balaban J connectivity index is 2.74. The number of halogens is 1. The summed E-state index contributed by atoms with van der Waals surface area (Å²) >= 11 is -2.58. The van der Waals surface area contributed by atoms with Crippen molar-refractivity contribution >= 4 is 11.4 Å². The van der Waals surface area contributed by atoms with Crippen LogP contribution in [0.25, 0.3) is 0 Å². The summed E-state index contributed by atoms with van der Waals surface area (Å²) in [7, 11) is 3.25. The van der Waals surface area contributed by atoms with Crippen molar-refractivity contribution in [1.29, 1.82) is 0 Å². The van der Waals surface area contributed by atoms with E-state index in [-0.39, 0.29) is 0 Å². The van der Waals surface area contributed by atoms with E-state index in [1.807, 2.05) is 4.90 Å². The van der Waals surface area contributed by atoms with Gasteiger partial charge in [0.1, 0.15) is 5.82 Å². The molecule has 0 bridgehead atoms. The molecule has 0 spiro atoms. The average Bonchev–Trinajstić information content (AvgIpc) is 2.73. The molecule has 1 unspecified atom stereocenters. The van der Waals surface area contributed by atoms with E-state index < -0.39 is 11.4 Å². The average molecular weight is 293 g/mol. The molecular weight excluding hydrogens is 273 g/mol. The van der Waals surface area contributed by atoms with Gasteiger partial charge in [0.15, 0.2) is 0 Å². The van der Waals surface area contributed by atoms with Gasteiger partial charge in [-0.3, -0.25) is 4.90 Å². The summed E-state index contributed by atoms with van der Waals surface area (Å²) < 4.78 is 35.3. The molecule has 8 heteroatoms. The smallest absolute Gasteiger partial charge is 0.309 e. The first kappa shape index (κ1) is 16.2. The molecule has 0 saturated carbocycles. The molecule has 110 valence electrons. The number of imidazole rings is 1. The van der Waals surface area contributed by atoms with Crippen LogP contribution in [0.4, 0.5) is 3.89 Å². The lowest BCUT2D eigenvalue weighted by Crippen LogP contribution is -2.31. The Hall–Kier alpha value is -0.830. The number of methoxy groups -OCH3 is 2. The lowest BCUT2D eigenvalue weighted by molar-refractivity contribution is 0.109. The molecule has 0 aliphatic rings. The first-order chi connectivity index (χ1) is 9.10. The summed E-state index contributed by atoms with van der Waals surface area (Å²) in [6.07, 6.45) is 1.54. The summed E-state index contributed by atoms with van der Waals surface area (Å²) in [4.78, 5) is 6.03. The summed E-state index contributed by atoms with van der Waals surface area (Å²) in [6, 6.07) is 0. The quantitative estimate of drug-likeness (QED) is 0.627. The van der Waals surface area contributed by atoms with Crippen LogP contribution in [0.15, 0.2) is 6.20 Å². The summed E-state index contributed by atoms with van der Waals surface area (Å²) in [6.45, 7) is 4.57. The predicted octanol–water partition coefficient (Wildman–Crippen LogP) is 0.683. The van der Waals surface area contributed by atoms with E-state index in [1.165, 1.54) is 0 Å². The highest BCUT2D eigenvalue weighted by atomic mass is 32.2. The van der Waals surface area contributed by atoms with Gasteiger partial charge in [-0.05, 0) is 6.92 Å². The number of aryl methyl sites for hydroxylation is 1. The molecule has 0 radical (unpaired) electrons. The SMILES string of the molecule is COCCN(CCOC)Cc1cnc(C)n1S(=O)F. The zero-order valence-corrected chi connectivity index (χ0v) is 12.3. The van der Waals surface area contributed by atoms with Crippen LogP contribution in [-0.4, -0.2) is 58.6 Å². The molecule has 1 heterocycles. The molecular formula is C11H20FN3O3S. The van der Waals surface area contributed by atoms with Gasteiger partial charge in [-0.1, -0.05) is 0 Å². The second-order valence-corrected chi connectivity index (χ2v) is 4.84. The molecule has 0 amide bonds. The Morgan fingerprint density at radius 1 is 1.37 bits per heavy atom. The monoisotopic (exact) mass is 293 g/mol. The fraction of sp³-hybridized carbons (Fsp3) is 0.727. The van der Waals surface area contributed by atoms with Crippen LogP contribution in [0.3, 0.4) is 0 Å². The molecule has 0 N–H and O–H groups in total. The fourth-order valence-corrected chi connectivity index (χ4v) is 2.27. The predicted molar refractivity (Wildman–Crippen MR) is 70.6 cm³/mol. The lowest BCUT2D eigenvalue weighted by Gasteiger charge is -2.21. The van der Waals surface area contributed by atoms with E-state index in [0.29, 0.717) is 44.4 Å². The number of aromatic nitrogens is 2. The van der Waals surface area contributed by atoms with E-state index in [0.717, 1.165) is 3.97 Å². The van der Waals surface area contributed by atoms with Crippen LogP contribution < -0.4 is 0 Å². The Morgan fingerprint density at radius 3 is 2.42 bits per heavy atom. The molecule has 0 aromatic carbocycles. The normalized spacial score (nSPS) is 13.1. The zero-order valence-electron chi connectivity index (χ0n) is 11.5. The largest absolute Gasteiger partial charge is 0.383 e. The van der Waals surface area contributed by atoms with Crippen LogP contribution in [0.1, 0.15) is 11.5 Å². The van der Waals surface area contributed by atoms with Gasteiger partial charge in [-0.2, -0.15) is 4.21 Å². The Kier molecular flexibility index (Phi) is 7.14. The van der Waals surface area contributed by atoms with Gasteiger partial charge < -0.3 is 9.47 Å². The minimum atomic E-state index is -2.58. The third kappa shape index (κ3) is 4.98. The molecule has 1 atom stereocenters. The molecule has 0 aliphatic carbocycles. The number of nitrogens with zero attached hydrogens (tertiary/aromatic N) is 3. The molecule has 6 nitrogen and oxygen atoms in total. The Bertz CT molecular complexity index is 406. The van der Waals surface area contributed by atoms with Crippen molar-refractivity contribution in [3.8, 4) is 0 Å². The van der Waals surface area contributed by atoms with Gasteiger partial charge in [0.25, 0.3) is 0 Å². The van der Waals surface area contributed by atoms with Crippen molar-refractivity contribution in [2.75, 3.05) is 40.5 Å². The third-order valence-corrected chi connectivity index (χ3v) is 3.49. The number of ether oxygens (including phenoxy) is 2. The highest BCUT2D eigenvalue weighted by Gasteiger charge is 2.15. The maximum Gasteiger partial charge on any atom is 0.309 e. The minimum Gasteiger partial charge on any atom is -0.383 e. The van der Waals surface area contributed by atoms with E-state index in [2.05, 4.69) is 4.98 Å². The van der Waals surface area contributed by atoms with Crippen LogP contribution in [-0.2, 0) is 27.4 Å². The first-order valence-electron chi connectivity index (χ1n) is 5.92.